The summed E-state index contributed by atoms with van der Waals surface area (Å²) in [7, 11) is 0. The SMILES string of the molecule is CC(C)OCCOCc1cccc(NC(C)C(=O)Nc2ccc([N+](=O)[O-])cc2Cl)c1. The third kappa shape index (κ3) is 7.62. The fourth-order valence-electron chi connectivity index (χ4n) is 2.56. The van der Waals surface area contributed by atoms with Crippen molar-refractivity contribution in [2.24, 2.45) is 0 Å². The van der Waals surface area contributed by atoms with E-state index in [1.807, 2.05) is 38.1 Å². The quantitative estimate of drug-likeness (QED) is 0.303. The molecule has 0 aliphatic rings. The van der Waals surface area contributed by atoms with Gasteiger partial charge >= 0.3 is 0 Å². The fourth-order valence-corrected chi connectivity index (χ4v) is 2.78. The molecule has 1 atom stereocenters. The zero-order valence-corrected chi connectivity index (χ0v) is 17.9. The smallest absolute Gasteiger partial charge is 0.271 e. The highest BCUT2D eigenvalue weighted by Crippen LogP contribution is 2.26. The van der Waals surface area contributed by atoms with E-state index in [9.17, 15) is 14.9 Å². The summed E-state index contributed by atoms with van der Waals surface area (Å²) in [6.07, 6.45) is 0.176. The molecule has 0 saturated carbocycles. The standard InChI is InChI=1S/C21H26ClN3O5/c1-14(2)30-10-9-29-13-16-5-4-6-17(11-16)23-15(3)21(26)24-20-8-7-18(25(27)28)12-19(20)22/h4-8,11-12,14-15,23H,9-10,13H2,1-3H3,(H,24,26). The molecule has 1 unspecified atom stereocenters. The lowest BCUT2D eigenvalue weighted by molar-refractivity contribution is -0.384. The van der Waals surface area contributed by atoms with Gasteiger partial charge in [0.2, 0.25) is 5.91 Å². The molecule has 2 aromatic rings. The topological polar surface area (TPSA) is 103 Å². The van der Waals surface area contributed by atoms with Crippen LogP contribution in [0.25, 0.3) is 0 Å². The Kier molecular flexibility index (Phi) is 9.04. The van der Waals surface area contributed by atoms with Crippen molar-refractivity contribution in [3.8, 4) is 0 Å². The van der Waals surface area contributed by atoms with E-state index in [-0.39, 0.29) is 22.7 Å². The predicted octanol–water partition coefficient (Wildman–Crippen LogP) is 4.63. The lowest BCUT2D eigenvalue weighted by Crippen LogP contribution is -2.32. The lowest BCUT2D eigenvalue weighted by atomic mass is 10.2. The molecule has 0 aliphatic carbocycles. The maximum absolute atomic E-state index is 12.5. The van der Waals surface area contributed by atoms with Crippen molar-refractivity contribution in [3.63, 3.8) is 0 Å². The average molecular weight is 436 g/mol. The minimum absolute atomic E-state index is 0.102. The Morgan fingerprint density at radius 1 is 1.17 bits per heavy atom. The van der Waals surface area contributed by atoms with Crippen molar-refractivity contribution in [2.45, 2.75) is 39.5 Å². The van der Waals surface area contributed by atoms with E-state index >= 15 is 0 Å². The van der Waals surface area contributed by atoms with Crippen molar-refractivity contribution in [1.29, 1.82) is 0 Å². The Balaban J connectivity index is 1.88. The van der Waals surface area contributed by atoms with E-state index < -0.39 is 11.0 Å². The first-order chi connectivity index (χ1) is 14.3. The first-order valence-electron chi connectivity index (χ1n) is 9.56. The molecule has 30 heavy (non-hydrogen) atoms. The second-order valence-corrected chi connectivity index (χ2v) is 7.36. The number of ether oxygens (including phenoxy) is 2. The van der Waals surface area contributed by atoms with Crippen LogP contribution in [-0.4, -0.2) is 36.2 Å². The predicted molar refractivity (Wildman–Crippen MR) is 117 cm³/mol. The number of non-ortho nitro benzene ring substituents is 1. The van der Waals surface area contributed by atoms with Gasteiger partial charge in [-0.15, -0.1) is 0 Å². The van der Waals surface area contributed by atoms with E-state index in [0.29, 0.717) is 25.5 Å². The fraction of sp³-hybridized carbons (Fsp3) is 0.381. The van der Waals surface area contributed by atoms with Crippen LogP contribution >= 0.6 is 11.6 Å². The van der Waals surface area contributed by atoms with E-state index in [2.05, 4.69) is 10.6 Å². The number of hydrogen-bond donors (Lipinski definition) is 2. The Morgan fingerprint density at radius 3 is 2.60 bits per heavy atom. The third-order valence-corrected chi connectivity index (χ3v) is 4.39. The minimum Gasteiger partial charge on any atom is -0.376 e. The van der Waals surface area contributed by atoms with Gasteiger partial charge in [0.15, 0.2) is 0 Å². The molecule has 0 saturated heterocycles. The molecule has 0 aliphatic heterocycles. The number of nitro benzene ring substituents is 1. The van der Waals surface area contributed by atoms with Crippen LogP contribution in [0.15, 0.2) is 42.5 Å². The van der Waals surface area contributed by atoms with Crippen molar-refractivity contribution < 1.29 is 19.2 Å². The van der Waals surface area contributed by atoms with Gasteiger partial charge in [-0.05, 0) is 44.5 Å². The van der Waals surface area contributed by atoms with E-state index in [0.717, 1.165) is 11.3 Å². The van der Waals surface area contributed by atoms with Gasteiger partial charge in [0, 0.05) is 17.8 Å². The summed E-state index contributed by atoms with van der Waals surface area (Å²) in [6, 6.07) is 10.9. The van der Waals surface area contributed by atoms with Gasteiger partial charge in [-0.3, -0.25) is 14.9 Å². The average Bonchev–Trinajstić information content (AvgIpc) is 2.69. The molecule has 1 amide bonds. The van der Waals surface area contributed by atoms with Gasteiger partial charge < -0.3 is 20.1 Å². The summed E-state index contributed by atoms with van der Waals surface area (Å²) in [5, 5.41) is 16.7. The van der Waals surface area contributed by atoms with Gasteiger partial charge in [0.1, 0.15) is 6.04 Å². The number of benzene rings is 2. The Morgan fingerprint density at radius 2 is 1.93 bits per heavy atom. The van der Waals surface area contributed by atoms with Crippen LogP contribution in [0.1, 0.15) is 26.3 Å². The summed E-state index contributed by atoms with van der Waals surface area (Å²) >= 11 is 6.03. The van der Waals surface area contributed by atoms with Crippen molar-refractivity contribution in [3.05, 3.63) is 63.2 Å². The van der Waals surface area contributed by atoms with Gasteiger partial charge in [-0.1, -0.05) is 23.7 Å². The normalized spacial score (nSPS) is 11.9. The molecule has 8 nitrogen and oxygen atoms in total. The van der Waals surface area contributed by atoms with E-state index in [4.69, 9.17) is 21.1 Å². The van der Waals surface area contributed by atoms with Crippen LogP contribution in [0.2, 0.25) is 5.02 Å². The maximum atomic E-state index is 12.5. The minimum atomic E-state index is -0.563. The number of nitro groups is 1. The molecule has 0 radical (unpaired) electrons. The van der Waals surface area contributed by atoms with Gasteiger partial charge in [-0.2, -0.15) is 0 Å². The number of hydrogen-bond acceptors (Lipinski definition) is 6. The molecular formula is C21H26ClN3O5. The van der Waals surface area contributed by atoms with Gasteiger partial charge in [0.05, 0.1) is 41.6 Å². The first kappa shape index (κ1) is 23.6. The number of rotatable bonds is 11. The second kappa shape index (κ2) is 11.5. The van der Waals surface area contributed by atoms with Crippen molar-refractivity contribution in [2.75, 3.05) is 23.8 Å². The Hall–Kier alpha value is -2.68. The zero-order valence-electron chi connectivity index (χ0n) is 17.2. The Bertz CT molecular complexity index is 875. The van der Waals surface area contributed by atoms with Gasteiger partial charge in [0.25, 0.3) is 5.69 Å². The van der Waals surface area contributed by atoms with Crippen LogP contribution < -0.4 is 10.6 Å². The van der Waals surface area contributed by atoms with Crippen LogP contribution in [-0.2, 0) is 20.9 Å². The highest BCUT2D eigenvalue weighted by Gasteiger charge is 2.16. The number of nitrogens with zero attached hydrogens (tertiary/aromatic N) is 1. The molecular weight excluding hydrogens is 410 g/mol. The molecule has 2 aromatic carbocycles. The Labute approximate surface area is 180 Å². The summed E-state index contributed by atoms with van der Waals surface area (Å²) in [4.78, 5) is 22.7. The molecule has 0 spiro atoms. The van der Waals surface area contributed by atoms with Crippen molar-refractivity contribution in [1.82, 2.24) is 0 Å². The van der Waals surface area contributed by atoms with Gasteiger partial charge in [-0.25, -0.2) is 0 Å². The highest BCUT2D eigenvalue weighted by atomic mass is 35.5. The second-order valence-electron chi connectivity index (χ2n) is 6.95. The molecule has 0 heterocycles. The number of carbonyl (C=O) groups is 1. The summed E-state index contributed by atoms with van der Waals surface area (Å²) in [6.45, 7) is 7.14. The maximum Gasteiger partial charge on any atom is 0.271 e. The highest BCUT2D eigenvalue weighted by molar-refractivity contribution is 6.34. The molecule has 2 N–H and O–H groups in total. The summed E-state index contributed by atoms with van der Waals surface area (Å²) in [5.41, 5.74) is 1.91. The number of anilines is 2. The molecule has 0 fully saturated rings. The zero-order chi connectivity index (χ0) is 22.1. The number of carbonyl (C=O) groups excluding carboxylic acids is 1. The van der Waals surface area contributed by atoms with E-state index in [1.165, 1.54) is 18.2 Å². The van der Waals surface area contributed by atoms with Crippen LogP contribution in [0, 0.1) is 10.1 Å². The van der Waals surface area contributed by atoms with Crippen molar-refractivity contribution >= 4 is 34.6 Å². The molecule has 2 rings (SSSR count). The molecule has 0 aromatic heterocycles. The largest absolute Gasteiger partial charge is 0.376 e. The number of halogens is 1. The van der Waals surface area contributed by atoms with Crippen LogP contribution in [0.3, 0.4) is 0 Å². The summed E-state index contributed by atoms with van der Waals surface area (Å²) < 4.78 is 11.0. The lowest BCUT2D eigenvalue weighted by Gasteiger charge is -2.16. The molecule has 162 valence electrons. The van der Waals surface area contributed by atoms with Crippen LogP contribution in [0.5, 0.6) is 0 Å². The first-order valence-corrected chi connectivity index (χ1v) is 9.93. The number of amides is 1. The monoisotopic (exact) mass is 435 g/mol. The van der Waals surface area contributed by atoms with Crippen LogP contribution in [0.4, 0.5) is 17.1 Å². The summed E-state index contributed by atoms with van der Waals surface area (Å²) in [5.74, 6) is -0.321. The number of nitrogens with one attached hydrogen (secondary N) is 2. The third-order valence-electron chi connectivity index (χ3n) is 4.07. The molecule has 9 heteroatoms. The van der Waals surface area contributed by atoms with E-state index in [1.54, 1.807) is 6.92 Å². The molecule has 0 bridgehead atoms.